The highest BCUT2D eigenvalue weighted by molar-refractivity contribution is 6.20. The minimum Gasteiger partial charge on any atom is -0.330 e. The fraction of sp³-hybridized carbons (Fsp3) is 0.412. The Morgan fingerprint density at radius 3 is 2.42 bits per heavy atom. The molecule has 100 valence electrons. The van der Waals surface area contributed by atoms with Crippen molar-refractivity contribution in [3.63, 3.8) is 0 Å². The summed E-state index contributed by atoms with van der Waals surface area (Å²) < 4.78 is 0. The Labute approximate surface area is 119 Å². The molecule has 0 aromatic heterocycles. The van der Waals surface area contributed by atoms with Crippen LogP contribution in [0.3, 0.4) is 0 Å². The van der Waals surface area contributed by atoms with E-state index in [0.717, 1.165) is 32.2 Å². The zero-order chi connectivity index (χ0) is 13.3. The van der Waals surface area contributed by atoms with Crippen LogP contribution in [0.2, 0.25) is 0 Å². The number of halogens is 1. The standard InChI is InChI=1S/C17H20ClN/c18-16-7-9-17(12-19,10-8-16)15-6-5-13-3-1-2-4-14(13)11-15/h1-6,11,16H,7-10,12,19H2. The molecule has 2 aromatic rings. The number of nitrogens with two attached hydrogens (primary N) is 1. The van der Waals surface area contributed by atoms with E-state index < -0.39 is 0 Å². The van der Waals surface area contributed by atoms with E-state index in [4.69, 9.17) is 17.3 Å². The third kappa shape index (κ3) is 2.37. The van der Waals surface area contributed by atoms with Gasteiger partial charge in [0, 0.05) is 17.3 Å². The van der Waals surface area contributed by atoms with E-state index in [1.807, 2.05) is 0 Å². The fourth-order valence-corrected chi connectivity index (χ4v) is 3.48. The van der Waals surface area contributed by atoms with Crippen molar-refractivity contribution in [1.29, 1.82) is 0 Å². The lowest BCUT2D eigenvalue weighted by molar-refractivity contribution is 0.304. The van der Waals surface area contributed by atoms with Crippen molar-refractivity contribution in [2.45, 2.75) is 36.5 Å². The van der Waals surface area contributed by atoms with Gasteiger partial charge in [-0.3, -0.25) is 0 Å². The number of fused-ring (bicyclic) bond motifs is 1. The van der Waals surface area contributed by atoms with Gasteiger partial charge in [-0.15, -0.1) is 11.6 Å². The molecule has 0 amide bonds. The Balaban J connectivity index is 2.01. The Bertz CT molecular complexity index is 570. The van der Waals surface area contributed by atoms with E-state index in [9.17, 15) is 0 Å². The van der Waals surface area contributed by atoms with E-state index >= 15 is 0 Å². The van der Waals surface area contributed by atoms with Crippen molar-refractivity contribution in [2.24, 2.45) is 5.73 Å². The first-order valence-electron chi connectivity index (χ1n) is 7.07. The molecule has 0 radical (unpaired) electrons. The highest BCUT2D eigenvalue weighted by atomic mass is 35.5. The number of rotatable bonds is 2. The van der Waals surface area contributed by atoms with Crippen molar-refractivity contribution in [2.75, 3.05) is 6.54 Å². The van der Waals surface area contributed by atoms with Crippen LogP contribution in [-0.4, -0.2) is 11.9 Å². The molecular weight excluding hydrogens is 254 g/mol. The third-order valence-electron chi connectivity index (χ3n) is 4.62. The number of alkyl halides is 1. The van der Waals surface area contributed by atoms with Gasteiger partial charge < -0.3 is 5.73 Å². The second-order valence-electron chi connectivity index (χ2n) is 5.72. The largest absolute Gasteiger partial charge is 0.330 e. The molecule has 0 atom stereocenters. The summed E-state index contributed by atoms with van der Waals surface area (Å²) in [6, 6.07) is 15.3. The zero-order valence-electron chi connectivity index (χ0n) is 11.1. The van der Waals surface area contributed by atoms with E-state index in [1.54, 1.807) is 0 Å². The summed E-state index contributed by atoms with van der Waals surface area (Å²) in [6.45, 7) is 0.717. The summed E-state index contributed by atoms with van der Waals surface area (Å²) in [6.07, 6.45) is 4.36. The van der Waals surface area contributed by atoms with Crippen molar-refractivity contribution in [1.82, 2.24) is 0 Å². The van der Waals surface area contributed by atoms with Gasteiger partial charge in [-0.2, -0.15) is 0 Å². The van der Waals surface area contributed by atoms with Crippen LogP contribution >= 0.6 is 11.6 Å². The average molecular weight is 274 g/mol. The number of hydrogen-bond acceptors (Lipinski definition) is 1. The van der Waals surface area contributed by atoms with Gasteiger partial charge >= 0.3 is 0 Å². The van der Waals surface area contributed by atoms with Crippen LogP contribution in [-0.2, 0) is 5.41 Å². The van der Waals surface area contributed by atoms with Gasteiger partial charge in [-0.1, -0.05) is 42.5 Å². The lowest BCUT2D eigenvalue weighted by Crippen LogP contribution is -2.39. The Morgan fingerprint density at radius 1 is 1.05 bits per heavy atom. The summed E-state index contributed by atoms with van der Waals surface area (Å²) >= 11 is 6.24. The molecule has 0 saturated heterocycles. The van der Waals surface area contributed by atoms with Gasteiger partial charge in [0.2, 0.25) is 0 Å². The van der Waals surface area contributed by atoms with Gasteiger partial charge in [0.25, 0.3) is 0 Å². The van der Waals surface area contributed by atoms with E-state index in [0.29, 0.717) is 5.38 Å². The van der Waals surface area contributed by atoms with Crippen LogP contribution in [0.25, 0.3) is 10.8 Å². The molecule has 0 unspecified atom stereocenters. The smallest absolute Gasteiger partial charge is 0.0336 e. The van der Waals surface area contributed by atoms with Crippen molar-refractivity contribution in [3.8, 4) is 0 Å². The predicted molar refractivity (Wildman–Crippen MR) is 82.8 cm³/mol. The van der Waals surface area contributed by atoms with Crippen molar-refractivity contribution < 1.29 is 0 Å². The maximum Gasteiger partial charge on any atom is 0.0336 e. The summed E-state index contributed by atoms with van der Waals surface area (Å²) in [5.74, 6) is 0. The average Bonchev–Trinajstić information content (AvgIpc) is 2.48. The molecule has 19 heavy (non-hydrogen) atoms. The molecule has 0 heterocycles. The van der Waals surface area contributed by atoms with E-state index in [2.05, 4.69) is 42.5 Å². The number of hydrogen-bond donors (Lipinski definition) is 1. The molecular formula is C17H20ClN. The molecule has 2 heteroatoms. The third-order valence-corrected chi connectivity index (χ3v) is 5.06. The van der Waals surface area contributed by atoms with Gasteiger partial charge in [-0.05, 0) is 42.0 Å². The summed E-state index contributed by atoms with van der Waals surface area (Å²) in [5, 5.41) is 2.94. The molecule has 2 N–H and O–H groups in total. The molecule has 0 spiro atoms. The minimum atomic E-state index is 0.134. The first-order valence-corrected chi connectivity index (χ1v) is 7.51. The molecule has 2 aromatic carbocycles. The highest BCUT2D eigenvalue weighted by Gasteiger charge is 2.35. The lowest BCUT2D eigenvalue weighted by atomic mass is 9.69. The van der Waals surface area contributed by atoms with Crippen LogP contribution in [0.1, 0.15) is 31.2 Å². The summed E-state index contributed by atoms with van der Waals surface area (Å²) in [7, 11) is 0. The molecule has 0 bridgehead atoms. The van der Waals surface area contributed by atoms with Crippen LogP contribution < -0.4 is 5.73 Å². The van der Waals surface area contributed by atoms with Crippen LogP contribution in [0, 0.1) is 0 Å². The van der Waals surface area contributed by atoms with Gasteiger partial charge in [0.15, 0.2) is 0 Å². The van der Waals surface area contributed by atoms with Gasteiger partial charge in [0.05, 0.1) is 0 Å². The lowest BCUT2D eigenvalue weighted by Gasteiger charge is -2.38. The van der Waals surface area contributed by atoms with Crippen molar-refractivity contribution in [3.05, 3.63) is 48.0 Å². The fourth-order valence-electron chi connectivity index (χ4n) is 3.27. The summed E-state index contributed by atoms with van der Waals surface area (Å²) in [5.41, 5.74) is 7.64. The quantitative estimate of drug-likeness (QED) is 0.815. The zero-order valence-corrected chi connectivity index (χ0v) is 11.9. The monoisotopic (exact) mass is 273 g/mol. The Morgan fingerprint density at radius 2 is 1.74 bits per heavy atom. The molecule has 1 nitrogen and oxygen atoms in total. The van der Waals surface area contributed by atoms with E-state index in [1.165, 1.54) is 16.3 Å². The Kier molecular flexibility index (Phi) is 3.51. The maximum absolute atomic E-state index is 6.24. The SMILES string of the molecule is NCC1(c2ccc3ccccc3c2)CCC(Cl)CC1. The molecule has 3 rings (SSSR count). The first kappa shape index (κ1) is 13.0. The normalized spacial score (nSPS) is 27.6. The molecule has 1 aliphatic rings. The number of benzene rings is 2. The topological polar surface area (TPSA) is 26.0 Å². The summed E-state index contributed by atoms with van der Waals surface area (Å²) in [4.78, 5) is 0. The van der Waals surface area contributed by atoms with E-state index in [-0.39, 0.29) is 5.41 Å². The highest BCUT2D eigenvalue weighted by Crippen LogP contribution is 2.41. The molecule has 1 aliphatic carbocycles. The molecule has 1 saturated carbocycles. The van der Waals surface area contributed by atoms with Crippen LogP contribution in [0.5, 0.6) is 0 Å². The minimum absolute atomic E-state index is 0.134. The second-order valence-corrected chi connectivity index (χ2v) is 6.34. The van der Waals surface area contributed by atoms with Crippen LogP contribution in [0.4, 0.5) is 0 Å². The first-order chi connectivity index (χ1) is 9.23. The van der Waals surface area contributed by atoms with Crippen LogP contribution in [0.15, 0.2) is 42.5 Å². The van der Waals surface area contributed by atoms with Crippen molar-refractivity contribution >= 4 is 22.4 Å². The molecule has 1 fully saturated rings. The van der Waals surface area contributed by atoms with Gasteiger partial charge in [0.1, 0.15) is 0 Å². The second kappa shape index (κ2) is 5.15. The predicted octanol–water partition coefficient (Wildman–Crippen LogP) is 4.22. The van der Waals surface area contributed by atoms with Gasteiger partial charge in [-0.25, -0.2) is 0 Å². The maximum atomic E-state index is 6.24. The molecule has 0 aliphatic heterocycles. The Hall–Kier alpha value is -1.05.